The van der Waals surface area contributed by atoms with Crippen molar-refractivity contribution in [2.45, 2.75) is 12.5 Å². The minimum absolute atomic E-state index is 0.454. The molecule has 1 aliphatic rings. The van der Waals surface area contributed by atoms with Gasteiger partial charge in [-0.3, -0.25) is 4.79 Å². The molecule has 0 radical (unpaired) electrons. The minimum atomic E-state index is 0.454. The lowest BCUT2D eigenvalue weighted by Crippen LogP contribution is -2.50. The van der Waals surface area contributed by atoms with Crippen molar-refractivity contribution in [3.63, 3.8) is 0 Å². The van der Waals surface area contributed by atoms with Crippen molar-refractivity contribution in [2.75, 3.05) is 33.7 Å². The molecular formula is C12H18N4O. The van der Waals surface area contributed by atoms with Crippen molar-refractivity contribution in [1.29, 1.82) is 0 Å². The number of aromatic nitrogens is 2. The van der Waals surface area contributed by atoms with Gasteiger partial charge in [0.1, 0.15) is 5.82 Å². The number of nitrogens with zero attached hydrogens (tertiary/aromatic N) is 4. The third-order valence-corrected chi connectivity index (χ3v) is 3.26. The highest BCUT2D eigenvalue weighted by atomic mass is 16.1. The molecule has 0 N–H and O–H groups in total. The van der Waals surface area contributed by atoms with Crippen LogP contribution in [0.1, 0.15) is 16.2 Å². The second-order valence-corrected chi connectivity index (χ2v) is 4.65. The van der Waals surface area contributed by atoms with E-state index in [0.717, 1.165) is 38.2 Å². The van der Waals surface area contributed by atoms with Gasteiger partial charge in [-0.05, 0) is 14.1 Å². The average Bonchev–Trinajstić information content (AvgIpc) is 2.35. The molecule has 1 aromatic heterocycles. The molecule has 5 nitrogen and oxygen atoms in total. The molecule has 0 spiro atoms. The van der Waals surface area contributed by atoms with E-state index in [-0.39, 0.29) is 0 Å². The highest BCUT2D eigenvalue weighted by molar-refractivity contribution is 5.73. The summed E-state index contributed by atoms with van der Waals surface area (Å²) in [4.78, 5) is 23.6. The van der Waals surface area contributed by atoms with Crippen LogP contribution in [0.3, 0.4) is 0 Å². The zero-order valence-electron chi connectivity index (χ0n) is 10.3. The topological polar surface area (TPSA) is 49.3 Å². The van der Waals surface area contributed by atoms with Gasteiger partial charge < -0.3 is 9.80 Å². The smallest absolute Gasteiger partial charge is 0.153 e. The molecule has 17 heavy (non-hydrogen) atoms. The maximum absolute atomic E-state index is 10.5. The Morgan fingerprint density at radius 2 is 2.06 bits per heavy atom. The van der Waals surface area contributed by atoms with Crippen molar-refractivity contribution in [3.8, 4) is 0 Å². The number of hydrogen-bond acceptors (Lipinski definition) is 5. The SMILES string of the molecule is CN1CCN(C)C(Cc2ncc(C=O)cn2)C1. The normalized spacial score (nSPS) is 22.6. The summed E-state index contributed by atoms with van der Waals surface area (Å²) in [6, 6.07) is 0.454. The molecule has 2 rings (SSSR count). The zero-order valence-corrected chi connectivity index (χ0v) is 10.3. The van der Waals surface area contributed by atoms with E-state index in [9.17, 15) is 4.79 Å². The fourth-order valence-corrected chi connectivity index (χ4v) is 2.06. The molecule has 1 fully saturated rings. The van der Waals surface area contributed by atoms with Crippen LogP contribution in [0.25, 0.3) is 0 Å². The first-order valence-corrected chi connectivity index (χ1v) is 5.84. The molecule has 0 aliphatic carbocycles. The largest absolute Gasteiger partial charge is 0.304 e. The van der Waals surface area contributed by atoms with Gasteiger partial charge >= 0.3 is 0 Å². The number of rotatable bonds is 3. The molecule has 1 unspecified atom stereocenters. The molecule has 0 aromatic carbocycles. The van der Waals surface area contributed by atoms with Crippen LogP contribution in [-0.2, 0) is 6.42 Å². The van der Waals surface area contributed by atoms with Crippen LogP contribution in [0, 0.1) is 0 Å². The molecule has 1 atom stereocenters. The van der Waals surface area contributed by atoms with Crippen LogP contribution in [-0.4, -0.2) is 65.8 Å². The van der Waals surface area contributed by atoms with Crippen molar-refractivity contribution in [2.24, 2.45) is 0 Å². The van der Waals surface area contributed by atoms with Gasteiger partial charge in [-0.1, -0.05) is 0 Å². The monoisotopic (exact) mass is 234 g/mol. The predicted octanol–water partition coefficient (Wildman–Crippen LogP) is 0.0774. The Labute approximate surface area is 101 Å². The summed E-state index contributed by atoms with van der Waals surface area (Å²) in [6.07, 6.45) is 4.77. The standard InChI is InChI=1S/C12H18N4O/c1-15-3-4-16(2)11(8-15)5-12-13-6-10(9-17)7-14-12/h6-7,9,11H,3-5,8H2,1-2H3. The Bertz CT molecular complexity index is 379. The van der Waals surface area contributed by atoms with Crippen LogP contribution in [0.4, 0.5) is 0 Å². The van der Waals surface area contributed by atoms with Crippen molar-refractivity contribution in [3.05, 3.63) is 23.8 Å². The van der Waals surface area contributed by atoms with E-state index in [0.29, 0.717) is 11.6 Å². The summed E-state index contributed by atoms with van der Waals surface area (Å²) in [5.41, 5.74) is 0.530. The van der Waals surface area contributed by atoms with E-state index in [1.54, 1.807) is 12.4 Å². The maximum Gasteiger partial charge on any atom is 0.153 e. The van der Waals surface area contributed by atoms with E-state index in [4.69, 9.17) is 0 Å². The lowest BCUT2D eigenvalue weighted by atomic mass is 10.1. The van der Waals surface area contributed by atoms with Gasteiger partial charge in [-0.15, -0.1) is 0 Å². The van der Waals surface area contributed by atoms with Crippen molar-refractivity contribution >= 4 is 6.29 Å². The molecule has 92 valence electrons. The zero-order chi connectivity index (χ0) is 12.3. The van der Waals surface area contributed by atoms with Gasteiger partial charge in [0, 0.05) is 44.5 Å². The third kappa shape index (κ3) is 3.08. The van der Waals surface area contributed by atoms with E-state index >= 15 is 0 Å². The summed E-state index contributed by atoms with van der Waals surface area (Å²) in [6.45, 7) is 3.22. The fraction of sp³-hybridized carbons (Fsp3) is 0.583. The maximum atomic E-state index is 10.5. The summed E-state index contributed by atoms with van der Waals surface area (Å²) in [5, 5.41) is 0. The second kappa shape index (κ2) is 5.33. The number of aldehydes is 1. The van der Waals surface area contributed by atoms with E-state index in [1.165, 1.54) is 0 Å². The van der Waals surface area contributed by atoms with Gasteiger partial charge in [0.25, 0.3) is 0 Å². The molecular weight excluding hydrogens is 216 g/mol. The van der Waals surface area contributed by atoms with E-state index in [1.807, 2.05) is 0 Å². The Morgan fingerprint density at radius 3 is 2.71 bits per heavy atom. The van der Waals surface area contributed by atoms with Crippen LogP contribution in [0.2, 0.25) is 0 Å². The van der Waals surface area contributed by atoms with Gasteiger partial charge in [0.2, 0.25) is 0 Å². The van der Waals surface area contributed by atoms with Crippen LogP contribution in [0.5, 0.6) is 0 Å². The molecule has 0 saturated carbocycles. The summed E-state index contributed by atoms with van der Waals surface area (Å²) < 4.78 is 0. The molecule has 0 amide bonds. The van der Waals surface area contributed by atoms with Gasteiger partial charge in [0.15, 0.2) is 6.29 Å². The van der Waals surface area contributed by atoms with Crippen LogP contribution >= 0.6 is 0 Å². The Balaban J connectivity index is 2.00. The van der Waals surface area contributed by atoms with Crippen molar-refractivity contribution in [1.82, 2.24) is 19.8 Å². The fourth-order valence-electron chi connectivity index (χ4n) is 2.06. The molecule has 1 saturated heterocycles. The number of likely N-dealkylation sites (N-methyl/N-ethyl adjacent to an activating group) is 2. The molecule has 5 heteroatoms. The lowest BCUT2D eigenvalue weighted by Gasteiger charge is -2.37. The molecule has 2 heterocycles. The minimum Gasteiger partial charge on any atom is -0.304 e. The Morgan fingerprint density at radius 1 is 1.35 bits per heavy atom. The Kier molecular flexibility index (Phi) is 3.81. The number of piperazine rings is 1. The predicted molar refractivity (Wildman–Crippen MR) is 65.0 cm³/mol. The summed E-state index contributed by atoms with van der Waals surface area (Å²) >= 11 is 0. The van der Waals surface area contributed by atoms with E-state index < -0.39 is 0 Å². The first-order valence-electron chi connectivity index (χ1n) is 5.84. The highest BCUT2D eigenvalue weighted by Gasteiger charge is 2.22. The molecule has 0 bridgehead atoms. The summed E-state index contributed by atoms with van der Waals surface area (Å²) in [5.74, 6) is 0.808. The first kappa shape index (κ1) is 12.1. The van der Waals surface area contributed by atoms with E-state index in [2.05, 4.69) is 33.9 Å². The summed E-state index contributed by atoms with van der Waals surface area (Å²) in [7, 11) is 4.27. The van der Waals surface area contributed by atoms with Crippen molar-refractivity contribution < 1.29 is 4.79 Å². The van der Waals surface area contributed by atoms with Gasteiger partial charge in [-0.2, -0.15) is 0 Å². The van der Waals surface area contributed by atoms with Crippen LogP contribution in [0.15, 0.2) is 12.4 Å². The molecule has 1 aromatic rings. The number of carbonyl (C=O) groups is 1. The quantitative estimate of drug-likeness (QED) is 0.693. The highest BCUT2D eigenvalue weighted by Crippen LogP contribution is 2.09. The number of carbonyl (C=O) groups excluding carboxylic acids is 1. The molecule has 1 aliphatic heterocycles. The van der Waals surface area contributed by atoms with Crippen LogP contribution < -0.4 is 0 Å². The first-order chi connectivity index (χ1) is 8.19. The van der Waals surface area contributed by atoms with Gasteiger partial charge in [-0.25, -0.2) is 9.97 Å². The van der Waals surface area contributed by atoms with Gasteiger partial charge in [0.05, 0.1) is 5.56 Å². The lowest BCUT2D eigenvalue weighted by molar-refractivity contribution is 0.112. The Hall–Kier alpha value is -1.33. The number of hydrogen-bond donors (Lipinski definition) is 0. The third-order valence-electron chi connectivity index (χ3n) is 3.26. The average molecular weight is 234 g/mol. The second-order valence-electron chi connectivity index (χ2n) is 4.65.